The number of primary amides is 1. The zero-order valence-corrected chi connectivity index (χ0v) is 13.3. The van der Waals surface area contributed by atoms with E-state index in [0.717, 1.165) is 12.1 Å². The van der Waals surface area contributed by atoms with Gasteiger partial charge in [0.1, 0.15) is 6.10 Å². The number of amides is 3. The number of allylic oxidation sites excluding steroid dienone is 3. The highest BCUT2D eigenvalue weighted by atomic mass is 19.4. The van der Waals surface area contributed by atoms with E-state index >= 15 is 0 Å². The lowest BCUT2D eigenvalue weighted by atomic mass is 9.94. The topological polar surface area (TPSA) is 107 Å². The van der Waals surface area contributed by atoms with E-state index in [4.69, 9.17) is 11.0 Å². The van der Waals surface area contributed by atoms with Crippen LogP contribution in [0.4, 0.5) is 23.7 Å². The number of imide groups is 1. The predicted octanol–water partition coefficient (Wildman–Crippen LogP) is 2.48. The van der Waals surface area contributed by atoms with Gasteiger partial charge in [-0.15, -0.1) is 0 Å². The molecule has 2 atom stereocenters. The highest BCUT2D eigenvalue weighted by molar-refractivity contribution is 6.15. The van der Waals surface area contributed by atoms with Gasteiger partial charge >= 0.3 is 12.2 Å². The highest BCUT2D eigenvalue weighted by Gasteiger charge is 2.37. The van der Waals surface area contributed by atoms with Crippen LogP contribution < -0.4 is 10.6 Å². The summed E-state index contributed by atoms with van der Waals surface area (Å²) in [6.45, 7) is 0. The van der Waals surface area contributed by atoms with E-state index < -0.39 is 47.0 Å². The number of alkyl halides is 3. The number of hydrogen-bond donors (Lipinski definition) is 2. The molecule has 3 amide bonds. The van der Waals surface area contributed by atoms with Crippen LogP contribution in [0.5, 0.6) is 0 Å². The quantitative estimate of drug-likeness (QED) is 0.858. The molecule has 1 aromatic rings. The number of rotatable bonds is 3. The molecule has 1 aromatic carbocycles. The molecule has 0 aliphatic heterocycles. The van der Waals surface area contributed by atoms with Crippen LogP contribution in [0.2, 0.25) is 0 Å². The number of nitrogens with zero attached hydrogens (tertiary/aromatic N) is 2. The van der Waals surface area contributed by atoms with Gasteiger partial charge in [-0.05, 0) is 24.6 Å². The monoisotopic (exact) mass is 365 g/mol. The molecule has 136 valence electrons. The second-order valence-corrected chi connectivity index (χ2v) is 5.51. The van der Waals surface area contributed by atoms with Crippen molar-refractivity contribution < 1.29 is 27.9 Å². The molecule has 3 N–H and O–H groups in total. The van der Waals surface area contributed by atoms with Crippen LogP contribution in [-0.2, 0) is 11.0 Å². The van der Waals surface area contributed by atoms with Gasteiger partial charge in [0, 0.05) is 5.92 Å². The Morgan fingerprint density at radius 3 is 2.54 bits per heavy atom. The van der Waals surface area contributed by atoms with E-state index in [-0.39, 0.29) is 4.90 Å². The third-order valence-corrected chi connectivity index (χ3v) is 3.80. The lowest BCUT2D eigenvalue weighted by Crippen LogP contribution is -2.48. The van der Waals surface area contributed by atoms with Gasteiger partial charge in [0.25, 0.3) is 5.91 Å². The first-order valence-electron chi connectivity index (χ1n) is 7.43. The molecule has 1 unspecified atom stereocenters. The maximum Gasteiger partial charge on any atom is 0.417 e. The summed E-state index contributed by atoms with van der Waals surface area (Å²) in [5, 5.41) is 19.0. The molecule has 6 nitrogen and oxygen atoms in total. The van der Waals surface area contributed by atoms with Crippen molar-refractivity contribution in [3.8, 4) is 6.07 Å². The molecule has 0 saturated heterocycles. The molecule has 1 aliphatic carbocycles. The molecular formula is C17H14F3N3O3. The van der Waals surface area contributed by atoms with Gasteiger partial charge in [-0.3, -0.25) is 4.79 Å². The Labute approximate surface area is 146 Å². The highest BCUT2D eigenvalue weighted by Crippen LogP contribution is 2.34. The van der Waals surface area contributed by atoms with Crippen molar-refractivity contribution in [2.45, 2.75) is 18.7 Å². The third-order valence-electron chi connectivity index (χ3n) is 3.80. The Bertz CT molecular complexity index is 825. The number of nitrogens with two attached hydrogens (primary N) is 1. The minimum atomic E-state index is -4.87. The second kappa shape index (κ2) is 7.41. The fourth-order valence-electron chi connectivity index (χ4n) is 2.52. The minimum absolute atomic E-state index is 0.271. The first kappa shape index (κ1) is 19.2. The number of anilines is 1. The van der Waals surface area contributed by atoms with Crippen molar-refractivity contribution in [2.75, 3.05) is 4.90 Å². The Morgan fingerprint density at radius 1 is 1.35 bits per heavy atom. The van der Waals surface area contributed by atoms with Crippen LogP contribution in [0.1, 0.15) is 17.5 Å². The molecule has 1 aliphatic rings. The lowest BCUT2D eigenvalue weighted by Gasteiger charge is -2.26. The van der Waals surface area contributed by atoms with E-state index in [9.17, 15) is 27.9 Å². The van der Waals surface area contributed by atoms with Crippen molar-refractivity contribution in [3.05, 3.63) is 53.6 Å². The van der Waals surface area contributed by atoms with Crippen LogP contribution >= 0.6 is 0 Å². The number of carbonyl (C=O) groups excluding carboxylic acids is 2. The fourth-order valence-corrected chi connectivity index (χ4v) is 2.52. The van der Waals surface area contributed by atoms with Crippen LogP contribution in [0.3, 0.4) is 0 Å². The lowest BCUT2D eigenvalue weighted by molar-refractivity contribution is -0.137. The number of aliphatic hydroxyl groups excluding tert-OH is 1. The normalized spacial score (nSPS) is 17.4. The molecule has 0 bridgehead atoms. The molecule has 0 saturated carbocycles. The van der Waals surface area contributed by atoms with Crippen molar-refractivity contribution in [2.24, 2.45) is 11.7 Å². The molecular weight excluding hydrogens is 351 g/mol. The van der Waals surface area contributed by atoms with Crippen LogP contribution in [0, 0.1) is 17.2 Å². The molecule has 9 heteroatoms. The van der Waals surface area contributed by atoms with Crippen LogP contribution in [-0.4, -0.2) is 23.1 Å². The smallest absolute Gasteiger partial charge is 0.383 e. The first-order valence-corrected chi connectivity index (χ1v) is 7.43. The molecule has 0 spiro atoms. The Hall–Kier alpha value is -3.12. The van der Waals surface area contributed by atoms with Gasteiger partial charge in [-0.25, -0.2) is 9.69 Å². The summed E-state index contributed by atoms with van der Waals surface area (Å²) in [5.74, 6) is -1.80. The molecule has 0 aromatic heterocycles. The summed E-state index contributed by atoms with van der Waals surface area (Å²) < 4.78 is 39.3. The summed E-state index contributed by atoms with van der Waals surface area (Å²) in [6, 6.07) is 2.34. The molecule has 26 heavy (non-hydrogen) atoms. The molecule has 2 rings (SSSR count). The predicted molar refractivity (Wildman–Crippen MR) is 85.6 cm³/mol. The maximum absolute atomic E-state index is 13.1. The standard InChI is InChI=1S/C17H14F3N3O3/c18-17(19,20)13-8-12(7-6-11(13)9-21)23(16(22)26)15(25)14(24)10-4-2-1-3-5-10/h1-4,6-8,10,14,24H,5H2,(H2,22,26)/t10?,14-/m1/s1. The largest absolute Gasteiger partial charge is 0.417 e. The van der Waals surface area contributed by atoms with Crippen molar-refractivity contribution >= 4 is 17.6 Å². The zero-order chi connectivity index (χ0) is 19.5. The summed E-state index contributed by atoms with van der Waals surface area (Å²) in [5.41, 5.74) is 2.68. The third kappa shape index (κ3) is 3.92. The zero-order valence-electron chi connectivity index (χ0n) is 13.3. The number of urea groups is 1. The van der Waals surface area contributed by atoms with Crippen LogP contribution in [0.25, 0.3) is 0 Å². The molecule has 0 radical (unpaired) electrons. The fraction of sp³-hybridized carbons (Fsp3) is 0.235. The van der Waals surface area contributed by atoms with E-state index in [1.807, 2.05) is 0 Å². The maximum atomic E-state index is 13.1. The van der Waals surface area contributed by atoms with Gasteiger partial charge < -0.3 is 10.8 Å². The average molecular weight is 365 g/mol. The van der Waals surface area contributed by atoms with Gasteiger partial charge in [0.15, 0.2) is 0 Å². The van der Waals surface area contributed by atoms with Gasteiger partial charge in [0.2, 0.25) is 0 Å². The number of aliphatic hydroxyl groups is 1. The summed E-state index contributed by atoms with van der Waals surface area (Å²) in [4.78, 5) is 24.4. The summed E-state index contributed by atoms with van der Waals surface area (Å²) >= 11 is 0. The van der Waals surface area contributed by atoms with Gasteiger partial charge in [-0.1, -0.05) is 24.3 Å². The molecule has 0 heterocycles. The average Bonchev–Trinajstić information content (AvgIpc) is 2.60. The van der Waals surface area contributed by atoms with Crippen molar-refractivity contribution in [1.29, 1.82) is 5.26 Å². The van der Waals surface area contributed by atoms with E-state index in [1.54, 1.807) is 24.3 Å². The van der Waals surface area contributed by atoms with Crippen molar-refractivity contribution in [1.82, 2.24) is 0 Å². The Kier molecular flexibility index (Phi) is 5.47. The minimum Gasteiger partial charge on any atom is -0.383 e. The first-order chi connectivity index (χ1) is 12.2. The Morgan fingerprint density at radius 2 is 2.04 bits per heavy atom. The number of benzene rings is 1. The van der Waals surface area contributed by atoms with Gasteiger partial charge in [0.05, 0.1) is 22.9 Å². The number of hydrogen-bond acceptors (Lipinski definition) is 4. The Balaban J connectivity index is 2.43. The van der Waals surface area contributed by atoms with E-state index in [1.165, 1.54) is 6.07 Å². The second-order valence-electron chi connectivity index (χ2n) is 5.51. The van der Waals surface area contributed by atoms with Crippen molar-refractivity contribution in [3.63, 3.8) is 0 Å². The van der Waals surface area contributed by atoms with E-state index in [2.05, 4.69) is 0 Å². The van der Waals surface area contributed by atoms with E-state index in [0.29, 0.717) is 12.5 Å². The SMILES string of the molecule is N#Cc1ccc(N(C(N)=O)C(=O)[C@H](O)C2C=CC=CC2)cc1C(F)(F)F. The summed E-state index contributed by atoms with van der Waals surface area (Å²) in [6.07, 6.45) is 0.313. The van der Waals surface area contributed by atoms with Crippen LogP contribution in [0.15, 0.2) is 42.5 Å². The summed E-state index contributed by atoms with van der Waals surface area (Å²) in [7, 11) is 0. The number of carbonyl (C=O) groups is 2. The van der Waals surface area contributed by atoms with Gasteiger partial charge in [-0.2, -0.15) is 18.4 Å². The molecule has 0 fully saturated rings. The number of nitriles is 1. The number of halogens is 3.